The molecule has 1 atom stereocenters. The molecule has 1 amide bonds. The van der Waals surface area contributed by atoms with Crippen molar-refractivity contribution in [3.63, 3.8) is 0 Å². The van der Waals surface area contributed by atoms with Gasteiger partial charge in [-0.25, -0.2) is 13.2 Å². The maximum absolute atomic E-state index is 12.6. The molecule has 1 N–H and O–H groups in total. The molecule has 1 aromatic carbocycles. The van der Waals surface area contributed by atoms with Gasteiger partial charge in [-0.3, -0.25) is 4.79 Å². The van der Waals surface area contributed by atoms with Gasteiger partial charge in [0.05, 0.1) is 5.25 Å². The van der Waals surface area contributed by atoms with Crippen LogP contribution in [0, 0.1) is 0 Å². The molecule has 1 aliphatic carbocycles. The van der Waals surface area contributed by atoms with Crippen molar-refractivity contribution in [1.82, 2.24) is 4.90 Å². The second-order valence-electron chi connectivity index (χ2n) is 6.49. The number of rotatable bonds is 4. The number of sulfone groups is 1. The number of carbonyl (C=O) groups is 2. The van der Waals surface area contributed by atoms with Crippen LogP contribution in [-0.2, 0) is 25.8 Å². The van der Waals surface area contributed by atoms with Gasteiger partial charge >= 0.3 is 5.97 Å². The molecule has 1 fully saturated rings. The summed E-state index contributed by atoms with van der Waals surface area (Å²) in [6, 6.07) is 6.00. The lowest BCUT2D eigenvalue weighted by Gasteiger charge is -2.35. The summed E-state index contributed by atoms with van der Waals surface area (Å²) < 4.78 is 24.8. The number of hydrogen-bond donors (Lipinski definition) is 1. The largest absolute Gasteiger partial charge is 0.479 e. The zero-order valence-electron chi connectivity index (χ0n) is 13.3. The molecule has 0 bridgehead atoms. The molecule has 7 heteroatoms. The maximum atomic E-state index is 12.6. The lowest BCUT2D eigenvalue weighted by molar-refractivity contribution is -0.150. The van der Waals surface area contributed by atoms with Gasteiger partial charge in [0.1, 0.15) is 5.75 Å². The third-order valence-corrected chi connectivity index (χ3v) is 7.11. The fourth-order valence-electron chi connectivity index (χ4n) is 3.72. The minimum atomic E-state index is -3.52. The number of hydrogen-bond acceptors (Lipinski definition) is 4. The van der Waals surface area contributed by atoms with Crippen LogP contribution >= 0.6 is 0 Å². The normalized spacial score (nSPS) is 21.5. The lowest BCUT2D eigenvalue weighted by atomic mass is 9.92. The van der Waals surface area contributed by atoms with Crippen molar-refractivity contribution >= 4 is 21.7 Å². The third-order valence-electron chi connectivity index (χ3n) is 4.97. The lowest BCUT2D eigenvalue weighted by Crippen LogP contribution is -2.46. The Morgan fingerprint density at radius 3 is 2.50 bits per heavy atom. The summed E-state index contributed by atoms with van der Waals surface area (Å²) in [7, 11) is -3.52. The smallest absolute Gasteiger partial charge is 0.331 e. The van der Waals surface area contributed by atoms with Gasteiger partial charge in [-0.1, -0.05) is 37.1 Å². The number of carbonyl (C=O) groups excluding carboxylic acids is 1. The van der Waals surface area contributed by atoms with Gasteiger partial charge in [-0.2, -0.15) is 0 Å². The van der Waals surface area contributed by atoms with E-state index in [-0.39, 0.29) is 6.54 Å². The highest BCUT2D eigenvalue weighted by Gasteiger charge is 2.39. The van der Waals surface area contributed by atoms with Crippen molar-refractivity contribution in [2.24, 2.45) is 0 Å². The van der Waals surface area contributed by atoms with Gasteiger partial charge in [0.15, 0.2) is 15.9 Å². The van der Waals surface area contributed by atoms with E-state index in [1.165, 1.54) is 4.90 Å². The van der Waals surface area contributed by atoms with Gasteiger partial charge < -0.3 is 10.0 Å². The van der Waals surface area contributed by atoms with Crippen molar-refractivity contribution in [2.45, 2.75) is 43.4 Å². The highest BCUT2D eigenvalue weighted by atomic mass is 32.2. The summed E-state index contributed by atoms with van der Waals surface area (Å²) in [4.78, 5) is 25.5. The first-order valence-corrected chi connectivity index (χ1v) is 9.93. The maximum Gasteiger partial charge on any atom is 0.331 e. The van der Waals surface area contributed by atoms with Crippen LogP contribution in [0.5, 0.6) is 0 Å². The Kier molecular flexibility index (Phi) is 4.62. The van der Waals surface area contributed by atoms with Crippen molar-refractivity contribution < 1.29 is 23.1 Å². The van der Waals surface area contributed by atoms with Crippen LogP contribution in [-0.4, -0.2) is 47.8 Å². The molecule has 1 aromatic rings. The monoisotopic (exact) mass is 351 g/mol. The fourth-order valence-corrected chi connectivity index (χ4v) is 5.52. The van der Waals surface area contributed by atoms with Gasteiger partial charge in [0, 0.05) is 6.54 Å². The van der Waals surface area contributed by atoms with Crippen LogP contribution in [0.3, 0.4) is 0 Å². The summed E-state index contributed by atoms with van der Waals surface area (Å²) in [6.07, 6.45) is 3.47. The summed E-state index contributed by atoms with van der Waals surface area (Å²) in [5.41, 5.74) is 1.47. The second-order valence-corrected chi connectivity index (χ2v) is 8.77. The molecule has 1 heterocycles. The Morgan fingerprint density at radius 1 is 1.17 bits per heavy atom. The van der Waals surface area contributed by atoms with E-state index in [2.05, 4.69) is 0 Å². The van der Waals surface area contributed by atoms with E-state index < -0.39 is 38.8 Å². The van der Waals surface area contributed by atoms with E-state index in [9.17, 15) is 23.1 Å². The summed E-state index contributed by atoms with van der Waals surface area (Å²) in [6.45, 7) is 0.229. The predicted molar refractivity (Wildman–Crippen MR) is 88.3 cm³/mol. The zero-order chi connectivity index (χ0) is 17.3. The zero-order valence-corrected chi connectivity index (χ0v) is 14.2. The van der Waals surface area contributed by atoms with Crippen molar-refractivity contribution in [2.75, 3.05) is 12.3 Å². The Labute approximate surface area is 141 Å². The topological polar surface area (TPSA) is 91.8 Å². The molecule has 1 aliphatic heterocycles. The van der Waals surface area contributed by atoms with Gasteiger partial charge in [0.25, 0.3) is 0 Å². The molecule has 0 spiro atoms. The van der Waals surface area contributed by atoms with Crippen LogP contribution in [0.2, 0.25) is 0 Å². The number of amides is 1. The summed E-state index contributed by atoms with van der Waals surface area (Å²) in [5.74, 6) is -2.33. The quantitative estimate of drug-likeness (QED) is 0.889. The van der Waals surface area contributed by atoms with E-state index in [1.54, 1.807) is 12.1 Å². The first-order chi connectivity index (χ1) is 11.4. The minimum Gasteiger partial charge on any atom is -0.479 e. The number of benzene rings is 1. The molecule has 3 rings (SSSR count). The van der Waals surface area contributed by atoms with Crippen LogP contribution in [0.15, 0.2) is 24.3 Å². The molecule has 6 nitrogen and oxygen atoms in total. The van der Waals surface area contributed by atoms with Crippen molar-refractivity contribution in [3.8, 4) is 0 Å². The number of nitrogens with zero attached hydrogens (tertiary/aromatic N) is 1. The fraction of sp³-hybridized carbons (Fsp3) is 0.529. The molecule has 1 unspecified atom stereocenters. The highest BCUT2D eigenvalue weighted by molar-refractivity contribution is 7.92. The van der Waals surface area contributed by atoms with Crippen LogP contribution in [0.1, 0.15) is 42.9 Å². The Hall–Kier alpha value is -1.89. The predicted octanol–water partition coefficient (Wildman–Crippen LogP) is 1.55. The summed E-state index contributed by atoms with van der Waals surface area (Å²) >= 11 is 0. The Bertz CT molecular complexity index is 752. The molecule has 1 saturated carbocycles. The van der Waals surface area contributed by atoms with Gasteiger partial charge in [-0.05, 0) is 30.4 Å². The van der Waals surface area contributed by atoms with E-state index in [0.29, 0.717) is 24.8 Å². The van der Waals surface area contributed by atoms with Crippen molar-refractivity contribution in [1.29, 1.82) is 0 Å². The van der Waals surface area contributed by atoms with E-state index in [1.807, 2.05) is 12.1 Å². The number of carboxylic acids is 1. The van der Waals surface area contributed by atoms with Crippen molar-refractivity contribution in [3.05, 3.63) is 35.4 Å². The number of carboxylic acid groups (broad SMARTS) is 1. The molecule has 0 aromatic heterocycles. The third kappa shape index (κ3) is 3.17. The van der Waals surface area contributed by atoms with Crippen LogP contribution < -0.4 is 0 Å². The van der Waals surface area contributed by atoms with Gasteiger partial charge in [-0.15, -0.1) is 0 Å². The minimum absolute atomic E-state index is 0.229. The molecule has 0 saturated heterocycles. The average Bonchev–Trinajstić information content (AvgIpc) is 3.08. The number of aliphatic carboxylic acids is 1. The first kappa shape index (κ1) is 17.0. The Balaban J connectivity index is 1.83. The molecule has 24 heavy (non-hydrogen) atoms. The van der Waals surface area contributed by atoms with Crippen LogP contribution in [0.4, 0.5) is 0 Å². The highest BCUT2D eigenvalue weighted by Crippen LogP contribution is 2.31. The average molecular weight is 351 g/mol. The first-order valence-electron chi connectivity index (χ1n) is 8.22. The van der Waals surface area contributed by atoms with E-state index in [4.69, 9.17) is 0 Å². The summed E-state index contributed by atoms with van der Waals surface area (Å²) in [5, 5.41) is 9.11. The van der Waals surface area contributed by atoms with E-state index >= 15 is 0 Å². The molecular weight excluding hydrogens is 330 g/mol. The molecular formula is C17H21NO5S. The molecule has 0 radical (unpaired) electrons. The van der Waals surface area contributed by atoms with Gasteiger partial charge in [0.2, 0.25) is 5.91 Å². The standard InChI is InChI=1S/C17H21NO5S/c19-15(11-24(22,23)13-6-2-3-7-13)18-10-9-12-5-1-4-8-14(12)16(18)17(20)21/h1,4-5,8,13,16H,2-3,6-7,9-11H2,(H,20,21). The second kappa shape index (κ2) is 6.55. The molecule has 2 aliphatic rings. The number of fused-ring (bicyclic) bond motifs is 1. The molecule has 130 valence electrons. The SMILES string of the molecule is O=C(O)C1c2ccccc2CCN1C(=O)CS(=O)(=O)C1CCCC1. The Morgan fingerprint density at radius 2 is 1.83 bits per heavy atom. The van der Waals surface area contributed by atoms with E-state index in [0.717, 1.165) is 18.4 Å². The van der Waals surface area contributed by atoms with Crippen LogP contribution in [0.25, 0.3) is 0 Å².